The van der Waals surface area contributed by atoms with E-state index in [2.05, 4.69) is 27.1 Å². The maximum Gasteiger partial charge on any atom is 0.263 e. The number of nitrogens with one attached hydrogen (secondary N) is 1. The lowest BCUT2D eigenvalue weighted by atomic mass is 9.79. The fourth-order valence-corrected chi connectivity index (χ4v) is 4.57. The van der Waals surface area contributed by atoms with Gasteiger partial charge < -0.3 is 5.32 Å². The van der Waals surface area contributed by atoms with Gasteiger partial charge in [-0.25, -0.2) is 9.37 Å². The molecule has 0 aliphatic carbocycles. The monoisotopic (exact) mass is 346 g/mol. The number of piperidine rings is 3. The van der Waals surface area contributed by atoms with Crippen LogP contribution in [0.25, 0.3) is 10.7 Å². The summed E-state index contributed by atoms with van der Waals surface area (Å²) < 4.78 is 13.3. The summed E-state index contributed by atoms with van der Waals surface area (Å²) in [5, 5.41) is 3.74. The standard InChI is InChI=1S/C17H19FN4OS/c1-10-15(11-3-6-22(10)7-4-11)21-16(23)14-9-20-17(24-14)13-8-12(18)2-5-19-13/h2,5,8-11,15H,3-4,6-7H2,1H3,(H,21,23)/t10-,15-/m0/s1. The van der Waals surface area contributed by atoms with Crippen LogP contribution in [-0.4, -0.2) is 45.9 Å². The van der Waals surface area contributed by atoms with Crippen molar-refractivity contribution in [2.75, 3.05) is 13.1 Å². The number of halogens is 1. The van der Waals surface area contributed by atoms with Gasteiger partial charge in [-0.05, 0) is 44.8 Å². The minimum Gasteiger partial charge on any atom is -0.347 e. The van der Waals surface area contributed by atoms with Crippen LogP contribution in [0.15, 0.2) is 24.5 Å². The molecule has 5 nitrogen and oxygen atoms in total. The Kier molecular flexibility index (Phi) is 4.05. The van der Waals surface area contributed by atoms with E-state index in [1.54, 1.807) is 6.20 Å². The third-order valence-electron chi connectivity index (χ3n) is 5.15. The zero-order valence-electron chi connectivity index (χ0n) is 13.4. The van der Waals surface area contributed by atoms with E-state index in [-0.39, 0.29) is 17.8 Å². The van der Waals surface area contributed by atoms with Gasteiger partial charge in [0, 0.05) is 24.3 Å². The number of fused-ring (bicyclic) bond motifs is 3. The molecule has 3 fully saturated rings. The first-order valence-corrected chi connectivity index (χ1v) is 9.06. The summed E-state index contributed by atoms with van der Waals surface area (Å²) >= 11 is 1.25. The van der Waals surface area contributed by atoms with Crippen molar-refractivity contribution in [1.29, 1.82) is 0 Å². The van der Waals surface area contributed by atoms with Crippen molar-refractivity contribution in [3.05, 3.63) is 35.2 Å². The topological polar surface area (TPSA) is 58.1 Å². The lowest BCUT2D eigenvalue weighted by molar-refractivity contribution is 0.0218. The Bertz CT molecular complexity index is 755. The molecule has 0 aromatic carbocycles. The minimum absolute atomic E-state index is 0.0965. The Morgan fingerprint density at radius 3 is 2.88 bits per heavy atom. The molecule has 3 saturated heterocycles. The maximum absolute atomic E-state index is 13.3. The van der Waals surface area contributed by atoms with Crippen LogP contribution in [-0.2, 0) is 0 Å². The summed E-state index contributed by atoms with van der Waals surface area (Å²) in [6.07, 6.45) is 5.25. The van der Waals surface area contributed by atoms with Crippen molar-refractivity contribution < 1.29 is 9.18 Å². The van der Waals surface area contributed by atoms with Gasteiger partial charge in [0.25, 0.3) is 5.91 Å². The molecule has 0 unspecified atom stereocenters. The molecule has 0 radical (unpaired) electrons. The lowest BCUT2D eigenvalue weighted by Crippen LogP contribution is -2.62. The first-order chi connectivity index (χ1) is 11.6. The second-order valence-corrected chi connectivity index (χ2v) is 7.53. The molecule has 7 heteroatoms. The van der Waals surface area contributed by atoms with E-state index < -0.39 is 0 Å². The molecule has 1 N–H and O–H groups in total. The van der Waals surface area contributed by atoms with Gasteiger partial charge in [0.05, 0.1) is 6.20 Å². The molecule has 2 aromatic heterocycles. The number of thiazole rings is 1. The van der Waals surface area contributed by atoms with Crippen LogP contribution in [0.5, 0.6) is 0 Å². The molecule has 2 bridgehead atoms. The van der Waals surface area contributed by atoms with Gasteiger partial charge in [0.1, 0.15) is 21.4 Å². The second-order valence-electron chi connectivity index (χ2n) is 6.50. The zero-order chi connectivity index (χ0) is 16.7. The third kappa shape index (κ3) is 2.82. The quantitative estimate of drug-likeness (QED) is 0.928. The third-order valence-corrected chi connectivity index (χ3v) is 6.16. The van der Waals surface area contributed by atoms with Crippen LogP contribution in [0, 0.1) is 11.7 Å². The fourth-order valence-electron chi connectivity index (χ4n) is 3.79. The van der Waals surface area contributed by atoms with E-state index in [1.165, 1.54) is 29.7 Å². The van der Waals surface area contributed by atoms with Crippen LogP contribution < -0.4 is 5.32 Å². The van der Waals surface area contributed by atoms with E-state index in [9.17, 15) is 9.18 Å². The number of nitrogens with zero attached hydrogens (tertiary/aromatic N) is 3. The van der Waals surface area contributed by atoms with Crippen molar-refractivity contribution in [1.82, 2.24) is 20.2 Å². The Morgan fingerprint density at radius 2 is 2.17 bits per heavy atom. The molecule has 1 amide bonds. The fraction of sp³-hybridized carbons (Fsp3) is 0.471. The molecule has 3 aliphatic heterocycles. The van der Waals surface area contributed by atoms with Crippen molar-refractivity contribution >= 4 is 17.2 Å². The zero-order valence-corrected chi connectivity index (χ0v) is 14.2. The van der Waals surface area contributed by atoms with Gasteiger partial charge >= 0.3 is 0 Å². The summed E-state index contributed by atoms with van der Waals surface area (Å²) in [4.78, 5) is 23.9. The molecule has 3 aliphatic rings. The van der Waals surface area contributed by atoms with Crippen molar-refractivity contribution in [2.24, 2.45) is 5.92 Å². The summed E-state index contributed by atoms with van der Waals surface area (Å²) in [7, 11) is 0. The Labute approximate surface area is 143 Å². The van der Waals surface area contributed by atoms with Crippen LogP contribution >= 0.6 is 11.3 Å². The Morgan fingerprint density at radius 1 is 1.38 bits per heavy atom. The molecule has 0 saturated carbocycles. The highest BCUT2D eigenvalue weighted by Crippen LogP contribution is 2.32. The molecule has 24 heavy (non-hydrogen) atoms. The summed E-state index contributed by atoms with van der Waals surface area (Å²) in [6, 6.07) is 3.19. The maximum atomic E-state index is 13.3. The second kappa shape index (κ2) is 6.22. The minimum atomic E-state index is -0.359. The number of rotatable bonds is 3. The van der Waals surface area contributed by atoms with E-state index in [4.69, 9.17) is 0 Å². The molecule has 126 valence electrons. The van der Waals surface area contributed by atoms with Gasteiger partial charge in [-0.1, -0.05) is 0 Å². The Balaban J connectivity index is 1.49. The molecule has 5 rings (SSSR count). The predicted octanol–water partition coefficient (Wildman–Crippen LogP) is 2.56. The van der Waals surface area contributed by atoms with Crippen molar-refractivity contribution in [3.8, 4) is 10.7 Å². The molecule has 5 heterocycles. The lowest BCUT2D eigenvalue weighted by Gasteiger charge is -2.49. The van der Waals surface area contributed by atoms with Crippen molar-refractivity contribution in [2.45, 2.75) is 31.8 Å². The number of carbonyl (C=O) groups excluding carboxylic acids is 1. The van der Waals surface area contributed by atoms with Crippen LogP contribution in [0.2, 0.25) is 0 Å². The van der Waals surface area contributed by atoms with Gasteiger partial charge in [-0.15, -0.1) is 11.3 Å². The summed E-state index contributed by atoms with van der Waals surface area (Å²) in [6.45, 7) is 4.45. The average Bonchev–Trinajstić information content (AvgIpc) is 3.09. The Hall–Kier alpha value is -1.86. The smallest absolute Gasteiger partial charge is 0.263 e. The number of pyridine rings is 1. The predicted molar refractivity (Wildman–Crippen MR) is 90.3 cm³/mol. The number of hydrogen-bond donors (Lipinski definition) is 1. The van der Waals surface area contributed by atoms with Gasteiger partial charge in [-0.2, -0.15) is 0 Å². The normalized spacial score (nSPS) is 28.8. The van der Waals surface area contributed by atoms with E-state index in [0.717, 1.165) is 25.9 Å². The number of aromatic nitrogens is 2. The summed E-state index contributed by atoms with van der Waals surface area (Å²) in [5.41, 5.74) is 0.454. The highest BCUT2D eigenvalue weighted by Gasteiger charge is 2.40. The molecule has 2 atom stereocenters. The van der Waals surface area contributed by atoms with E-state index in [0.29, 0.717) is 27.5 Å². The SMILES string of the molecule is C[C@H]1[C@H](NC(=O)c2cnc(-c3cc(F)ccn3)s2)C2CCN1CC2. The number of carbonyl (C=O) groups is 1. The molecule has 2 aromatic rings. The summed E-state index contributed by atoms with van der Waals surface area (Å²) in [5.74, 6) is 0.106. The molecular weight excluding hydrogens is 327 g/mol. The molecular formula is C17H19FN4OS. The first-order valence-electron chi connectivity index (χ1n) is 8.24. The number of amides is 1. The largest absolute Gasteiger partial charge is 0.347 e. The highest BCUT2D eigenvalue weighted by molar-refractivity contribution is 7.16. The first kappa shape index (κ1) is 15.7. The molecule has 0 spiro atoms. The van der Waals surface area contributed by atoms with Crippen LogP contribution in [0.3, 0.4) is 0 Å². The van der Waals surface area contributed by atoms with Gasteiger partial charge in [0.2, 0.25) is 0 Å². The van der Waals surface area contributed by atoms with Gasteiger partial charge in [0.15, 0.2) is 0 Å². The van der Waals surface area contributed by atoms with Crippen LogP contribution in [0.4, 0.5) is 4.39 Å². The van der Waals surface area contributed by atoms with Gasteiger partial charge in [-0.3, -0.25) is 14.7 Å². The average molecular weight is 346 g/mol. The van der Waals surface area contributed by atoms with Crippen molar-refractivity contribution in [3.63, 3.8) is 0 Å². The highest BCUT2D eigenvalue weighted by atomic mass is 32.1. The van der Waals surface area contributed by atoms with E-state index >= 15 is 0 Å². The van der Waals surface area contributed by atoms with Crippen LogP contribution in [0.1, 0.15) is 29.4 Å². The number of hydrogen-bond acceptors (Lipinski definition) is 5. The van der Waals surface area contributed by atoms with E-state index in [1.807, 2.05) is 0 Å².